The number of ether oxygens (including phenoxy) is 1. The lowest BCUT2D eigenvalue weighted by Gasteiger charge is -2.18. The third kappa shape index (κ3) is 4.40. The maximum absolute atomic E-state index is 12.8. The summed E-state index contributed by atoms with van der Waals surface area (Å²) in [4.78, 5) is 0. The predicted molar refractivity (Wildman–Crippen MR) is 109 cm³/mol. The van der Waals surface area contributed by atoms with Gasteiger partial charge in [0.1, 0.15) is 12.4 Å². The number of hydrogen-bond donors (Lipinski definition) is 0. The molecule has 0 aliphatic heterocycles. The van der Waals surface area contributed by atoms with Gasteiger partial charge in [-0.05, 0) is 66.8 Å². The zero-order chi connectivity index (χ0) is 18.5. The Kier molecular flexibility index (Phi) is 5.88. The van der Waals surface area contributed by atoms with Gasteiger partial charge >= 0.3 is 0 Å². The van der Waals surface area contributed by atoms with Gasteiger partial charge in [-0.3, -0.25) is 0 Å². The first-order valence-corrected chi connectivity index (χ1v) is 9.53. The summed E-state index contributed by atoms with van der Waals surface area (Å²) in [6.45, 7) is 6.54. The van der Waals surface area contributed by atoms with Gasteiger partial charge in [-0.15, -0.1) is 5.48 Å². The van der Waals surface area contributed by atoms with Gasteiger partial charge in [0.05, 0.1) is 0 Å². The van der Waals surface area contributed by atoms with E-state index in [1.165, 1.54) is 0 Å². The summed E-state index contributed by atoms with van der Waals surface area (Å²) < 4.78 is 5.87. The Morgan fingerprint density at radius 3 is 2.19 bits per heavy atom. The van der Waals surface area contributed by atoms with E-state index in [2.05, 4.69) is 0 Å². The molecule has 0 saturated carbocycles. The van der Waals surface area contributed by atoms with Crippen LogP contribution in [0.3, 0.4) is 0 Å². The van der Waals surface area contributed by atoms with Gasteiger partial charge in [-0.1, -0.05) is 56.7 Å². The van der Waals surface area contributed by atoms with Crippen LogP contribution in [0.2, 0.25) is 0 Å². The SMILES string of the molecule is Cc1cc(OCc2ccccc2)ccc1P=C([O-])c1c(C)cccc1C. The Balaban J connectivity index is 1.79. The second-order valence-corrected chi connectivity index (χ2v) is 7.52. The molecule has 3 aromatic carbocycles. The molecule has 0 aromatic heterocycles. The molecule has 0 unspecified atom stereocenters. The van der Waals surface area contributed by atoms with Crippen molar-refractivity contribution in [1.82, 2.24) is 0 Å². The van der Waals surface area contributed by atoms with Crippen LogP contribution >= 0.6 is 8.20 Å². The second kappa shape index (κ2) is 8.31. The van der Waals surface area contributed by atoms with Crippen molar-refractivity contribution in [3.63, 3.8) is 0 Å². The molecule has 0 N–H and O–H groups in total. The highest BCUT2D eigenvalue weighted by Crippen LogP contribution is 2.20. The fraction of sp³-hybridized carbons (Fsp3) is 0.174. The van der Waals surface area contributed by atoms with E-state index in [4.69, 9.17) is 4.74 Å². The lowest BCUT2D eigenvalue weighted by Crippen LogP contribution is -2.20. The largest absolute Gasteiger partial charge is 0.823 e. The molecule has 0 spiro atoms. The maximum atomic E-state index is 12.8. The van der Waals surface area contributed by atoms with Gasteiger partial charge in [-0.25, -0.2) is 0 Å². The molecule has 0 heterocycles. The van der Waals surface area contributed by atoms with Crippen molar-refractivity contribution in [3.05, 3.63) is 94.5 Å². The van der Waals surface area contributed by atoms with Crippen LogP contribution < -0.4 is 15.1 Å². The van der Waals surface area contributed by atoms with E-state index in [0.29, 0.717) is 14.8 Å². The second-order valence-electron chi connectivity index (χ2n) is 6.41. The molecule has 0 bridgehead atoms. The highest BCUT2D eigenvalue weighted by atomic mass is 31.1. The molecule has 0 radical (unpaired) electrons. The van der Waals surface area contributed by atoms with Crippen molar-refractivity contribution in [3.8, 4) is 5.75 Å². The molecule has 3 aromatic rings. The molecule has 0 aliphatic carbocycles. The van der Waals surface area contributed by atoms with Crippen molar-refractivity contribution in [2.75, 3.05) is 0 Å². The van der Waals surface area contributed by atoms with Gasteiger partial charge in [-0.2, -0.15) is 0 Å². The average Bonchev–Trinajstić information content (AvgIpc) is 2.63. The Morgan fingerprint density at radius 2 is 1.54 bits per heavy atom. The third-order valence-corrected chi connectivity index (χ3v) is 5.50. The van der Waals surface area contributed by atoms with Crippen LogP contribution in [0, 0.1) is 20.8 Å². The topological polar surface area (TPSA) is 32.3 Å². The van der Waals surface area contributed by atoms with E-state index in [-0.39, 0.29) is 5.48 Å². The van der Waals surface area contributed by atoms with Crippen LogP contribution in [0.25, 0.3) is 0 Å². The summed E-state index contributed by atoms with van der Waals surface area (Å²) in [6, 6.07) is 22.0. The highest BCUT2D eigenvalue weighted by molar-refractivity contribution is 7.49. The normalized spacial score (nSPS) is 11.5. The minimum absolute atomic E-state index is 0.140. The van der Waals surface area contributed by atoms with E-state index in [1.807, 2.05) is 87.5 Å². The zero-order valence-corrected chi connectivity index (χ0v) is 16.2. The van der Waals surface area contributed by atoms with Crippen molar-refractivity contribution < 1.29 is 9.84 Å². The summed E-state index contributed by atoms with van der Waals surface area (Å²) in [7, 11) is 0.702. The maximum Gasteiger partial charge on any atom is 0.120 e. The summed E-state index contributed by atoms with van der Waals surface area (Å²) in [5.74, 6) is 0.824. The molecular weight excluding hydrogens is 339 g/mol. The van der Waals surface area contributed by atoms with Gasteiger partial charge in [0.15, 0.2) is 0 Å². The van der Waals surface area contributed by atoms with E-state index < -0.39 is 0 Å². The Bertz CT molecular complexity index is 910. The van der Waals surface area contributed by atoms with Crippen LogP contribution in [0.5, 0.6) is 5.75 Å². The van der Waals surface area contributed by atoms with Crippen LogP contribution in [-0.2, 0) is 6.61 Å². The Morgan fingerprint density at radius 1 is 0.846 bits per heavy atom. The van der Waals surface area contributed by atoms with Crippen molar-refractivity contribution in [2.24, 2.45) is 0 Å². The first-order valence-electron chi connectivity index (χ1n) is 8.64. The number of aryl methyl sites for hydroxylation is 3. The van der Waals surface area contributed by atoms with Gasteiger partial charge in [0.25, 0.3) is 0 Å². The summed E-state index contributed by atoms with van der Waals surface area (Å²) in [6.07, 6.45) is 0. The number of rotatable bonds is 5. The van der Waals surface area contributed by atoms with Crippen LogP contribution in [-0.4, -0.2) is 5.48 Å². The highest BCUT2D eigenvalue weighted by Gasteiger charge is 2.04. The molecule has 0 aliphatic rings. The van der Waals surface area contributed by atoms with Gasteiger partial charge < -0.3 is 9.84 Å². The monoisotopic (exact) mass is 361 g/mol. The molecule has 26 heavy (non-hydrogen) atoms. The quantitative estimate of drug-likeness (QED) is 0.635. The standard InChI is InChI=1S/C23H23O2P/c1-16-8-7-9-17(2)22(16)23(24)26-21-13-12-20(14-18(21)3)25-15-19-10-5-4-6-11-19/h4-14,24H,15H2,1-3H3/p-1. The molecule has 2 nitrogen and oxygen atoms in total. The predicted octanol–water partition coefficient (Wildman–Crippen LogP) is 4.30. The van der Waals surface area contributed by atoms with E-state index in [1.54, 1.807) is 0 Å². The molecule has 0 amide bonds. The zero-order valence-electron chi connectivity index (χ0n) is 15.3. The minimum Gasteiger partial charge on any atom is -0.823 e. The lowest BCUT2D eigenvalue weighted by atomic mass is 10.0. The molecule has 0 saturated heterocycles. The first-order chi connectivity index (χ1) is 12.5. The van der Waals surface area contributed by atoms with Crippen molar-refractivity contribution in [1.29, 1.82) is 0 Å². The van der Waals surface area contributed by atoms with E-state index in [9.17, 15) is 5.11 Å². The number of benzene rings is 3. The third-order valence-electron chi connectivity index (χ3n) is 4.33. The fourth-order valence-electron chi connectivity index (χ4n) is 2.90. The minimum atomic E-state index is 0.140. The van der Waals surface area contributed by atoms with Crippen molar-refractivity contribution in [2.45, 2.75) is 27.4 Å². The van der Waals surface area contributed by atoms with E-state index in [0.717, 1.165) is 38.9 Å². The van der Waals surface area contributed by atoms with Crippen LogP contribution in [0.4, 0.5) is 0 Å². The molecule has 3 heteroatoms. The molecule has 3 rings (SSSR count). The summed E-state index contributed by atoms with van der Waals surface area (Å²) in [5.41, 5.74) is 5.24. The van der Waals surface area contributed by atoms with Gasteiger partial charge in [0.2, 0.25) is 0 Å². The number of hydrogen-bond acceptors (Lipinski definition) is 2. The summed E-state index contributed by atoms with van der Waals surface area (Å²) in [5, 5.41) is 13.8. The molecule has 0 fully saturated rings. The smallest absolute Gasteiger partial charge is 0.120 e. The fourth-order valence-corrected chi connectivity index (χ4v) is 3.97. The average molecular weight is 361 g/mol. The molecule has 132 valence electrons. The Labute approximate surface area is 156 Å². The van der Waals surface area contributed by atoms with Gasteiger partial charge in [0, 0.05) is 5.30 Å². The van der Waals surface area contributed by atoms with E-state index >= 15 is 0 Å². The Hall–Kier alpha value is -2.41. The van der Waals surface area contributed by atoms with Crippen LogP contribution in [0.15, 0.2) is 66.7 Å². The summed E-state index contributed by atoms with van der Waals surface area (Å²) >= 11 is 0. The lowest BCUT2D eigenvalue weighted by molar-refractivity contribution is -0.207. The first kappa shape index (κ1) is 18.4. The van der Waals surface area contributed by atoms with Crippen molar-refractivity contribution >= 4 is 19.0 Å². The molecular formula is C23H22O2P-. The van der Waals surface area contributed by atoms with Crippen LogP contribution in [0.1, 0.15) is 27.8 Å². The molecule has 0 atom stereocenters.